The molecule has 0 amide bonds. The number of halogens is 2. The summed E-state index contributed by atoms with van der Waals surface area (Å²) in [6.07, 6.45) is 0. The Bertz CT molecular complexity index is 523. The second-order valence-electron chi connectivity index (χ2n) is 3.02. The Balaban J connectivity index is 2.71. The van der Waals surface area contributed by atoms with Crippen molar-refractivity contribution in [1.29, 1.82) is 0 Å². The normalized spacial score (nSPS) is 11.5. The summed E-state index contributed by atoms with van der Waals surface area (Å²) in [6.45, 7) is 2.63. The van der Waals surface area contributed by atoms with Crippen molar-refractivity contribution in [3.8, 4) is 0 Å². The van der Waals surface area contributed by atoms with Crippen molar-refractivity contribution in [2.75, 3.05) is 19.8 Å². The third-order valence-corrected chi connectivity index (χ3v) is 3.96. The molecule has 1 rings (SSSR count). The molecule has 0 atom stereocenters. The zero-order chi connectivity index (χ0) is 13.8. The summed E-state index contributed by atoms with van der Waals surface area (Å²) in [5.41, 5.74) is 0. The number of carbonyl (C=O) groups is 1. The molecule has 18 heavy (non-hydrogen) atoms. The lowest BCUT2D eigenvalue weighted by molar-refractivity contribution is 0.0303. The Morgan fingerprint density at radius 1 is 1.50 bits per heavy atom. The molecule has 0 aliphatic carbocycles. The van der Waals surface area contributed by atoms with Gasteiger partial charge in [0.05, 0.1) is 6.61 Å². The number of furan rings is 1. The second kappa shape index (κ2) is 6.55. The van der Waals surface area contributed by atoms with Gasteiger partial charge in [-0.25, -0.2) is 13.2 Å². The minimum Gasteiger partial charge on any atom is -0.457 e. The van der Waals surface area contributed by atoms with Gasteiger partial charge < -0.3 is 13.9 Å². The number of carbonyl (C=O) groups excluding carboxylic acids is 1. The van der Waals surface area contributed by atoms with Crippen LogP contribution < -0.4 is 0 Å². The molecule has 0 saturated heterocycles. The molecular formula is C9H10BrClO6S. The lowest BCUT2D eigenvalue weighted by atomic mass is 10.4. The highest BCUT2D eigenvalue weighted by Crippen LogP contribution is 2.28. The van der Waals surface area contributed by atoms with E-state index in [2.05, 4.69) is 15.9 Å². The molecule has 0 N–H and O–H groups in total. The minimum absolute atomic E-state index is 0.0496. The molecule has 1 aromatic rings. The van der Waals surface area contributed by atoms with Crippen molar-refractivity contribution in [2.24, 2.45) is 0 Å². The van der Waals surface area contributed by atoms with Crippen LogP contribution in [0, 0.1) is 0 Å². The van der Waals surface area contributed by atoms with Crippen LogP contribution in [0.5, 0.6) is 0 Å². The summed E-state index contributed by atoms with van der Waals surface area (Å²) in [5.74, 6) is -1.04. The van der Waals surface area contributed by atoms with Gasteiger partial charge in [-0.2, -0.15) is 0 Å². The molecule has 0 aliphatic rings. The predicted molar refractivity (Wildman–Crippen MR) is 66.2 cm³/mol. The maximum absolute atomic E-state index is 11.5. The Morgan fingerprint density at radius 3 is 2.67 bits per heavy atom. The van der Waals surface area contributed by atoms with E-state index < -0.39 is 15.0 Å². The van der Waals surface area contributed by atoms with Crippen molar-refractivity contribution < 1.29 is 27.1 Å². The molecule has 0 saturated carbocycles. The van der Waals surface area contributed by atoms with Crippen LogP contribution in [0.25, 0.3) is 0 Å². The van der Waals surface area contributed by atoms with Crippen LogP contribution in [0.2, 0.25) is 0 Å². The van der Waals surface area contributed by atoms with Crippen LogP contribution in [-0.2, 0) is 18.5 Å². The first-order valence-corrected chi connectivity index (χ1v) is 7.95. The minimum atomic E-state index is -3.98. The van der Waals surface area contributed by atoms with Crippen LogP contribution in [0.3, 0.4) is 0 Å². The fourth-order valence-corrected chi connectivity index (χ4v) is 3.06. The second-order valence-corrected chi connectivity index (χ2v) is 6.27. The fraction of sp³-hybridized carbons (Fsp3) is 0.444. The van der Waals surface area contributed by atoms with Gasteiger partial charge in [-0.3, -0.25) is 0 Å². The maximum Gasteiger partial charge on any atom is 0.374 e. The Labute approximate surface area is 117 Å². The average molecular weight is 362 g/mol. The largest absolute Gasteiger partial charge is 0.457 e. The lowest BCUT2D eigenvalue weighted by Gasteiger charge is -2.02. The summed E-state index contributed by atoms with van der Waals surface area (Å²) in [4.78, 5) is 11.2. The van der Waals surface area contributed by atoms with Crippen molar-refractivity contribution >= 4 is 41.6 Å². The number of esters is 1. The number of ether oxygens (including phenoxy) is 2. The topological polar surface area (TPSA) is 82.8 Å². The maximum atomic E-state index is 11.5. The molecule has 0 aromatic carbocycles. The van der Waals surface area contributed by atoms with Crippen molar-refractivity contribution in [3.05, 3.63) is 16.5 Å². The standard InChI is InChI=1S/C9H10BrClO6S/c1-2-15-3-4-16-9(12)6-5-7(8(10)17-6)18(11,13)14/h5H,2-4H2,1H3. The highest BCUT2D eigenvalue weighted by Gasteiger charge is 2.23. The van der Waals surface area contributed by atoms with Crippen LogP contribution in [-0.4, -0.2) is 34.2 Å². The molecule has 0 fully saturated rings. The molecular weight excluding hydrogens is 352 g/mol. The van der Waals surface area contributed by atoms with E-state index in [1.54, 1.807) is 0 Å². The summed E-state index contributed by atoms with van der Waals surface area (Å²) in [6, 6.07) is 0.995. The van der Waals surface area contributed by atoms with Crippen LogP contribution in [0.4, 0.5) is 0 Å². The third kappa shape index (κ3) is 4.27. The third-order valence-electron chi connectivity index (χ3n) is 1.78. The first kappa shape index (κ1) is 15.5. The molecule has 0 radical (unpaired) electrons. The van der Waals surface area contributed by atoms with Gasteiger partial charge >= 0.3 is 5.97 Å². The summed E-state index contributed by atoms with van der Waals surface area (Å²) in [7, 11) is 1.16. The highest BCUT2D eigenvalue weighted by atomic mass is 79.9. The van der Waals surface area contributed by atoms with Gasteiger partial charge in [-0.1, -0.05) is 0 Å². The van der Waals surface area contributed by atoms with Gasteiger partial charge in [0.15, 0.2) is 4.67 Å². The first-order chi connectivity index (χ1) is 8.36. The van der Waals surface area contributed by atoms with E-state index in [1.807, 2.05) is 6.92 Å². The fourth-order valence-electron chi connectivity index (χ4n) is 1.03. The monoisotopic (exact) mass is 360 g/mol. The van der Waals surface area contributed by atoms with Crippen LogP contribution >= 0.6 is 26.6 Å². The van der Waals surface area contributed by atoms with Crippen molar-refractivity contribution in [3.63, 3.8) is 0 Å². The van der Waals surface area contributed by atoms with Gasteiger partial charge in [-0.15, -0.1) is 0 Å². The number of hydrogen-bond acceptors (Lipinski definition) is 6. The van der Waals surface area contributed by atoms with Gasteiger partial charge in [0.2, 0.25) is 5.76 Å². The van der Waals surface area contributed by atoms with E-state index in [0.29, 0.717) is 6.61 Å². The van der Waals surface area contributed by atoms with E-state index in [1.165, 1.54) is 0 Å². The zero-order valence-corrected chi connectivity index (χ0v) is 12.5. The number of rotatable bonds is 6. The summed E-state index contributed by atoms with van der Waals surface area (Å²) in [5, 5.41) is 0. The average Bonchev–Trinajstić information content (AvgIpc) is 2.66. The van der Waals surface area contributed by atoms with Gasteiger partial charge in [0.1, 0.15) is 11.5 Å². The zero-order valence-electron chi connectivity index (χ0n) is 9.31. The molecule has 0 spiro atoms. The van der Waals surface area contributed by atoms with Crippen molar-refractivity contribution in [1.82, 2.24) is 0 Å². The van der Waals surface area contributed by atoms with Crippen LogP contribution in [0.1, 0.15) is 17.5 Å². The molecule has 9 heteroatoms. The number of hydrogen-bond donors (Lipinski definition) is 0. The van der Waals surface area contributed by atoms with E-state index >= 15 is 0 Å². The smallest absolute Gasteiger partial charge is 0.374 e. The van der Waals surface area contributed by atoms with E-state index in [-0.39, 0.29) is 28.5 Å². The summed E-state index contributed by atoms with van der Waals surface area (Å²) >= 11 is 2.85. The van der Waals surface area contributed by atoms with Gasteiger partial charge in [-0.05, 0) is 22.9 Å². The molecule has 1 aromatic heterocycles. The Morgan fingerprint density at radius 2 is 2.17 bits per heavy atom. The van der Waals surface area contributed by atoms with Gasteiger partial charge in [0, 0.05) is 23.4 Å². The lowest BCUT2D eigenvalue weighted by Crippen LogP contribution is -2.10. The Kier molecular flexibility index (Phi) is 5.64. The van der Waals surface area contributed by atoms with E-state index in [9.17, 15) is 13.2 Å². The van der Waals surface area contributed by atoms with Crippen molar-refractivity contribution in [2.45, 2.75) is 11.8 Å². The quantitative estimate of drug-likeness (QED) is 0.439. The van der Waals surface area contributed by atoms with E-state index in [4.69, 9.17) is 24.6 Å². The Hall–Kier alpha value is -0.570. The molecule has 102 valence electrons. The SMILES string of the molecule is CCOCCOC(=O)c1cc(S(=O)(=O)Cl)c(Br)o1. The van der Waals surface area contributed by atoms with E-state index in [0.717, 1.165) is 6.07 Å². The molecule has 0 bridgehead atoms. The molecule has 0 aliphatic heterocycles. The van der Waals surface area contributed by atoms with Crippen LogP contribution in [0.15, 0.2) is 20.0 Å². The molecule has 1 heterocycles. The predicted octanol–water partition coefficient (Wildman–Crippen LogP) is 2.16. The highest BCUT2D eigenvalue weighted by molar-refractivity contribution is 9.10. The molecule has 6 nitrogen and oxygen atoms in total. The first-order valence-electron chi connectivity index (χ1n) is 4.85. The van der Waals surface area contributed by atoms with Gasteiger partial charge in [0.25, 0.3) is 9.05 Å². The summed E-state index contributed by atoms with van der Waals surface area (Å²) < 4.78 is 36.7. The molecule has 0 unspecified atom stereocenters.